The van der Waals surface area contributed by atoms with Gasteiger partial charge in [-0.3, -0.25) is 4.79 Å². The van der Waals surface area contributed by atoms with Gasteiger partial charge in [0.25, 0.3) is 0 Å². The van der Waals surface area contributed by atoms with Crippen LogP contribution in [0.5, 0.6) is 0 Å². The number of anilines is 1. The maximum Gasteiger partial charge on any atom is 0.228 e. The van der Waals surface area contributed by atoms with Crippen LogP contribution >= 0.6 is 0 Å². The molecule has 0 radical (unpaired) electrons. The van der Waals surface area contributed by atoms with Gasteiger partial charge in [0.1, 0.15) is 0 Å². The van der Waals surface area contributed by atoms with Gasteiger partial charge in [-0.15, -0.1) is 0 Å². The fourth-order valence-corrected chi connectivity index (χ4v) is 2.37. The molecule has 0 saturated carbocycles. The van der Waals surface area contributed by atoms with Crippen molar-refractivity contribution in [3.05, 3.63) is 29.8 Å². The zero-order valence-corrected chi connectivity index (χ0v) is 12.1. The van der Waals surface area contributed by atoms with Gasteiger partial charge in [0.05, 0.1) is 5.92 Å². The Labute approximate surface area is 115 Å². The highest BCUT2D eigenvalue weighted by atomic mass is 16.1. The van der Waals surface area contributed by atoms with Crippen LogP contribution in [0.15, 0.2) is 24.3 Å². The van der Waals surface area contributed by atoms with E-state index in [1.807, 2.05) is 12.1 Å². The number of carbonyl (C=O) groups excluding carboxylic acids is 1. The second-order valence-corrected chi connectivity index (χ2v) is 6.36. The molecule has 3 heteroatoms. The molecule has 1 heterocycles. The van der Waals surface area contributed by atoms with Gasteiger partial charge < -0.3 is 10.6 Å². The molecule has 104 valence electrons. The number of carbonyl (C=O) groups is 1. The Balaban J connectivity index is 1.97. The van der Waals surface area contributed by atoms with Crippen LogP contribution in [0.25, 0.3) is 0 Å². The normalized spacial score (nSPS) is 20.1. The maximum absolute atomic E-state index is 12.1. The van der Waals surface area contributed by atoms with Gasteiger partial charge in [-0.1, -0.05) is 32.9 Å². The zero-order chi connectivity index (χ0) is 13.9. The fraction of sp³-hybridized carbons (Fsp3) is 0.562. The van der Waals surface area contributed by atoms with Crippen molar-refractivity contribution >= 4 is 11.6 Å². The second kappa shape index (κ2) is 5.74. The summed E-state index contributed by atoms with van der Waals surface area (Å²) in [5, 5.41) is 6.28. The average molecular weight is 260 g/mol. The molecule has 2 rings (SSSR count). The van der Waals surface area contributed by atoms with Gasteiger partial charge in [0.15, 0.2) is 0 Å². The lowest BCUT2D eigenvalue weighted by Crippen LogP contribution is -2.37. The van der Waals surface area contributed by atoms with E-state index in [0.29, 0.717) is 0 Å². The largest absolute Gasteiger partial charge is 0.326 e. The first-order chi connectivity index (χ1) is 8.97. The Morgan fingerprint density at radius 3 is 2.47 bits per heavy atom. The molecule has 1 fully saturated rings. The summed E-state index contributed by atoms with van der Waals surface area (Å²) in [6, 6.07) is 8.17. The van der Waals surface area contributed by atoms with E-state index < -0.39 is 0 Å². The quantitative estimate of drug-likeness (QED) is 0.858. The molecule has 0 aliphatic carbocycles. The summed E-state index contributed by atoms with van der Waals surface area (Å²) in [5.74, 6) is 0.242. The van der Waals surface area contributed by atoms with Crippen molar-refractivity contribution in [2.45, 2.75) is 39.0 Å². The number of hydrogen-bond acceptors (Lipinski definition) is 2. The van der Waals surface area contributed by atoms with Crippen LogP contribution < -0.4 is 10.6 Å². The first-order valence-electron chi connectivity index (χ1n) is 7.09. The Hall–Kier alpha value is -1.35. The van der Waals surface area contributed by atoms with Crippen molar-refractivity contribution in [1.29, 1.82) is 0 Å². The van der Waals surface area contributed by atoms with E-state index in [9.17, 15) is 4.79 Å². The highest BCUT2D eigenvalue weighted by molar-refractivity contribution is 5.92. The molecular formula is C16H24N2O. The number of benzene rings is 1. The molecule has 19 heavy (non-hydrogen) atoms. The van der Waals surface area contributed by atoms with Crippen LogP contribution in [0.4, 0.5) is 5.69 Å². The van der Waals surface area contributed by atoms with Crippen molar-refractivity contribution in [3.8, 4) is 0 Å². The number of piperidine rings is 1. The Morgan fingerprint density at radius 2 is 1.95 bits per heavy atom. The number of rotatable bonds is 2. The van der Waals surface area contributed by atoms with Crippen molar-refractivity contribution < 1.29 is 4.79 Å². The second-order valence-electron chi connectivity index (χ2n) is 6.36. The van der Waals surface area contributed by atoms with Gasteiger partial charge in [0, 0.05) is 12.2 Å². The minimum Gasteiger partial charge on any atom is -0.326 e. The summed E-state index contributed by atoms with van der Waals surface area (Å²) in [6.07, 6.45) is 2.07. The Kier molecular flexibility index (Phi) is 4.25. The van der Waals surface area contributed by atoms with E-state index in [4.69, 9.17) is 0 Å². The third-order valence-corrected chi connectivity index (χ3v) is 3.69. The third kappa shape index (κ3) is 3.80. The first-order valence-corrected chi connectivity index (χ1v) is 7.09. The molecule has 3 nitrogen and oxygen atoms in total. The van der Waals surface area contributed by atoms with Gasteiger partial charge in [-0.25, -0.2) is 0 Å². The topological polar surface area (TPSA) is 41.1 Å². The molecule has 1 saturated heterocycles. The number of hydrogen-bond donors (Lipinski definition) is 2. The molecule has 2 N–H and O–H groups in total. The molecule has 1 aromatic rings. The van der Waals surface area contributed by atoms with Crippen molar-refractivity contribution in [3.63, 3.8) is 0 Å². The maximum atomic E-state index is 12.1. The molecule has 1 aliphatic heterocycles. The first kappa shape index (κ1) is 14.1. The smallest absolute Gasteiger partial charge is 0.228 e. The lowest BCUT2D eigenvalue weighted by Gasteiger charge is -2.22. The van der Waals surface area contributed by atoms with Crippen LogP contribution in [0, 0.1) is 5.92 Å². The summed E-state index contributed by atoms with van der Waals surface area (Å²) in [6.45, 7) is 8.40. The molecule has 0 spiro atoms. The molecule has 0 aromatic heterocycles. The van der Waals surface area contributed by atoms with Crippen molar-refractivity contribution in [2.24, 2.45) is 5.92 Å². The lowest BCUT2D eigenvalue weighted by atomic mass is 9.87. The summed E-state index contributed by atoms with van der Waals surface area (Å²) in [5.41, 5.74) is 2.32. The van der Waals surface area contributed by atoms with Crippen molar-refractivity contribution in [2.75, 3.05) is 18.4 Å². The predicted molar refractivity (Wildman–Crippen MR) is 79.4 cm³/mol. The summed E-state index contributed by atoms with van der Waals surface area (Å²) in [4.78, 5) is 12.1. The minimum absolute atomic E-state index is 0.107. The molecule has 1 unspecified atom stereocenters. The highest BCUT2D eigenvalue weighted by Crippen LogP contribution is 2.23. The van der Waals surface area contributed by atoms with Gasteiger partial charge in [0.2, 0.25) is 5.91 Å². The number of nitrogens with one attached hydrogen (secondary N) is 2. The average Bonchev–Trinajstić information content (AvgIpc) is 2.39. The molecule has 1 atom stereocenters. The van der Waals surface area contributed by atoms with Crippen LogP contribution in [-0.2, 0) is 10.2 Å². The van der Waals surface area contributed by atoms with Crippen LogP contribution in [0.2, 0.25) is 0 Å². The van der Waals surface area contributed by atoms with Gasteiger partial charge in [-0.05, 0) is 42.5 Å². The fourth-order valence-electron chi connectivity index (χ4n) is 2.37. The predicted octanol–water partition coefficient (Wildman–Crippen LogP) is 2.92. The van der Waals surface area contributed by atoms with E-state index in [1.54, 1.807) is 0 Å². The molecule has 0 bridgehead atoms. The number of amides is 1. The minimum atomic E-state index is 0.107. The van der Waals surface area contributed by atoms with Crippen LogP contribution in [-0.4, -0.2) is 19.0 Å². The van der Waals surface area contributed by atoms with E-state index in [0.717, 1.165) is 31.6 Å². The van der Waals surface area contributed by atoms with E-state index in [2.05, 4.69) is 43.5 Å². The highest BCUT2D eigenvalue weighted by Gasteiger charge is 2.21. The Morgan fingerprint density at radius 1 is 1.26 bits per heavy atom. The van der Waals surface area contributed by atoms with Crippen LogP contribution in [0.1, 0.15) is 39.2 Å². The Bertz CT molecular complexity index is 425. The molecule has 1 aliphatic rings. The lowest BCUT2D eigenvalue weighted by molar-refractivity contribution is -0.120. The monoisotopic (exact) mass is 260 g/mol. The van der Waals surface area contributed by atoms with E-state index >= 15 is 0 Å². The third-order valence-electron chi connectivity index (χ3n) is 3.69. The SMILES string of the molecule is CC(C)(C)c1ccc(NC(=O)C2CCCNC2)cc1. The standard InChI is InChI=1S/C16H24N2O/c1-16(2,3)13-6-8-14(9-7-13)18-15(19)12-5-4-10-17-11-12/h6-9,12,17H,4-5,10-11H2,1-3H3,(H,18,19). The summed E-state index contributed by atoms with van der Waals surface area (Å²) >= 11 is 0. The van der Waals surface area contributed by atoms with Crippen LogP contribution in [0.3, 0.4) is 0 Å². The van der Waals surface area contributed by atoms with Crippen molar-refractivity contribution in [1.82, 2.24) is 5.32 Å². The molecule has 1 aromatic carbocycles. The molecule has 1 amide bonds. The summed E-state index contributed by atoms with van der Waals surface area (Å²) < 4.78 is 0. The van der Waals surface area contributed by atoms with E-state index in [-0.39, 0.29) is 17.2 Å². The summed E-state index contributed by atoms with van der Waals surface area (Å²) in [7, 11) is 0. The van der Waals surface area contributed by atoms with Gasteiger partial charge >= 0.3 is 0 Å². The zero-order valence-electron chi connectivity index (χ0n) is 12.1. The molecular weight excluding hydrogens is 236 g/mol. The van der Waals surface area contributed by atoms with Gasteiger partial charge in [-0.2, -0.15) is 0 Å². The van der Waals surface area contributed by atoms with E-state index in [1.165, 1.54) is 5.56 Å².